The van der Waals surface area contributed by atoms with Crippen molar-refractivity contribution < 1.29 is 9.53 Å². The standard InChI is InChI=1S/C18H29N3O2/c1-6-7-15-13(2)19-9-8-16(15)21-11-14(12-21)10-20-17(22)23-18(3,4)5/h8-9,14H,6-7,10-12H2,1-5H3,(H,20,22). The summed E-state index contributed by atoms with van der Waals surface area (Å²) in [5, 5.41) is 2.86. The Bertz CT molecular complexity index is 546. The molecule has 5 heteroatoms. The number of nitrogens with one attached hydrogen (secondary N) is 1. The first-order chi connectivity index (χ1) is 10.8. The molecule has 0 bridgehead atoms. The van der Waals surface area contributed by atoms with Crippen LogP contribution in [0, 0.1) is 12.8 Å². The van der Waals surface area contributed by atoms with Crippen LogP contribution in [-0.4, -0.2) is 36.3 Å². The van der Waals surface area contributed by atoms with E-state index in [1.807, 2.05) is 27.0 Å². The summed E-state index contributed by atoms with van der Waals surface area (Å²) in [6.45, 7) is 12.5. The Morgan fingerprint density at radius 3 is 2.74 bits per heavy atom. The van der Waals surface area contributed by atoms with Gasteiger partial charge in [0.1, 0.15) is 5.60 Å². The summed E-state index contributed by atoms with van der Waals surface area (Å²) < 4.78 is 5.26. The van der Waals surface area contributed by atoms with Crippen LogP contribution in [-0.2, 0) is 11.2 Å². The zero-order chi connectivity index (χ0) is 17.0. The SMILES string of the molecule is CCCc1c(N2CC(CNC(=O)OC(C)(C)C)C2)ccnc1C. The molecular weight excluding hydrogens is 290 g/mol. The van der Waals surface area contributed by atoms with Crippen molar-refractivity contribution >= 4 is 11.8 Å². The minimum atomic E-state index is -0.445. The van der Waals surface area contributed by atoms with E-state index >= 15 is 0 Å². The molecule has 0 saturated carbocycles. The Morgan fingerprint density at radius 2 is 2.13 bits per heavy atom. The number of carbonyl (C=O) groups is 1. The molecule has 1 N–H and O–H groups in total. The fourth-order valence-corrected chi connectivity index (χ4v) is 2.88. The normalized spacial score (nSPS) is 15.3. The Balaban J connectivity index is 1.83. The van der Waals surface area contributed by atoms with Gasteiger partial charge in [-0.25, -0.2) is 4.79 Å². The fraction of sp³-hybridized carbons (Fsp3) is 0.667. The molecule has 1 aromatic rings. The van der Waals surface area contributed by atoms with E-state index in [1.165, 1.54) is 11.3 Å². The Kier molecular flexibility index (Phi) is 5.50. The predicted octanol–water partition coefficient (Wildman–Crippen LogP) is 3.30. The molecule has 5 nitrogen and oxygen atoms in total. The van der Waals surface area contributed by atoms with Crippen molar-refractivity contribution in [2.75, 3.05) is 24.5 Å². The van der Waals surface area contributed by atoms with E-state index in [4.69, 9.17) is 4.74 Å². The van der Waals surface area contributed by atoms with Crippen LogP contribution < -0.4 is 10.2 Å². The lowest BCUT2D eigenvalue weighted by atomic mass is 9.96. The van der Waals surface area contributed by atoms with Gasteiger partial charge in [0.25, 0.3) is 0 Å². The molecule has 2 rings (SSSR count). The molecule has 1 saturated heterocycles. The fourth-order valence-electron chi connectivity index (χ4n) is 2.88. The van der Waals surface area contributed by atoms with Crippen LogP contribution in [0.25, 0.3) is 0 Å². The molecule has 0 radical (unpaired) electrons. The third kappa shape index (κ3) is 4.85. The molecule has 1 aromatic heterocycles. The first kappa shape index (κ1) is 17.6. The summed E-state index contributed by atoms with van der Waals surface area (Å²) in [5.74, 6) is 0.477. The molecule has 0 unspecified atom stereocenters. The quantitative estimate of drug-likeness (QED) is 0.905. The lowest BCUT2D eigenvalue weighted by Gasteiger charge is -2.42. The van der Waals surface area contributed by atoms with E-state index in [9.17, 15) is 4.79 Å². The predicted molar refractivity (Wildman–Crippen MR) is 92.9 cm³/mol. The summed E-state index contributed by atoms with van der Waals surface area (Å²) in [4.78, 5) is 18.5. The van der Waals surface area contributed by atoms with Crippen molar-refractivity contribution in [2.24, 2.45) is 5.92 Å². The van der Waals surface area contributed by atoms with Gasteiger partial charge in [0.2, 0.25) is 0 Å². The topological polar surface area (TPSA) is 54.5 Å². The second-order valence-electron chi connectivity index (χ2n) is 7.30. The number of ether oxygens (including phenoxy) is 1. The molecule has 1 fully saturated rings. The van der Waals surface area contributed by atoms with E-state index in [2.05, 4.69) is 35.1 Å². The van der Waals surface area contributed by atoms with Gasteiger partial charge in [0.15, 0.2) is 0 Å². The van der Waals surface area contributed by atoms with Crippen LogP contribution in [0.1, 0.15) is 45.4 Å². The molecule has 128 valence electrons. The number of rotatable bonds is 5. The molecule has 23 heavy (non-hydrogen) atoms. The van der Waals surface area contributed by atoms with Gasteiger partial charge in [-0.2, -0.15) is 0 Å². The number of aryl methyl sites for hydroxylation is 1. The van der Waals surface area contributed by atoms with Crippen molar-refractivity contribution in [3.05, 3.63) is 23.5 Å². The highest BCUT2D eigenvalue weighted by Gasteiger charge is 2.29. The van der Waals surface area contributed by atoms with Crippen LogP contribution in [0.3, 0.4) is 0 Å². The Morgan fingerprint density at radius 1 is 1.43 bits per heavy atom. The third-order valence-electron chi connectivity index (χ3n) is 3.98. The maximum atomic E-state index is 11.7. The zero-order valence-electron chi connectivity index (χ0n) is 15.0. The first-order valence-corrected chi connectivity index (χ1v) is 8.46. The molecule has 0 aromatic carbocycles. The monoisotopic (exact) mass is 319 g/mol. The highest BCUT2D eigenvalue weighted by atomic mass is 16.6. The lowest BCUT2D eigenvalue weighted by Crippen LogP contribution is -2.52. The van der Waals surface area contributed by atoms with Crippen LogP contribution in [0.5, 0.6) is 0 Å². The lowest BCUT2D eigenvalue weighted by molar-refractivity contribution is 0.0516. The summed E-state index contributed by atoms with van der Waals surface area (Å²) in [7, 11) is 0. The van der Waals surface area contributed by atoms with Gasteiger partial charge in [0.05, 0.1) is 0 Å². The summed E-state index contributed by atoms with van der Waals surface area (Å²) in [6.07, 6.45) is 3.74. The number of hydrogen-bond donors (Lipinski definition) is 1. The van der Waals surface area contributed by atoms with E-state index in [0.29, 0.717) is 12.5 Å². The van der Waals surface area contributed by atoms with Gasteiger partial charge in [-0.15, -0.1) is 0 Å². The summed E-state index contributed by atoms with van der Waals surface area (Å²) >= 11 is 0. The summed E-state index contributed by atoms with van der Waals surface area (Å²) in [6, 6.07) is 2.11. The number of carbonyl (C=O) groups excluding carboxylic acids is 1. The molecule has 1 amide bonds. The van der Waals surface area contributed by atoms with Crippen LogP contribution in [0.4, 0.5) is 10.5 Å². The van der Waals surface area contributed by atoms with Gasteiger partial charge >= 0.3 is 6.09 Å². The average Bonchev–Trinajstić information content (AvgIpc) is 2.38. The highest BCUT2D eigenvalue weighted by Crippen LogP contribution is 2.29. The second kappa shape index (κ2) is 7.20. The van der Waals surface area contributed by atoms with Crippen molar-refractivity contribution in [1.29, 1.82) is 0 Å². The number of aromatic nitrogens is 1. The number of pyridine rings is 1. The second-order valence-corrected chi connectivity index (χ2v) is 7.30. The molecule has 0 atom stereocenters. The van der Waals surface area contributed by atoms with E-state index in [0.717, 1.165) is 31.6 Å². The van der Waals surface area contributed by atoms with E-state index in [-0.39, 0.29) is 6.09 Å². The van der Waals surface area contributed by atoms with E-state index < -0.39 is 5.60 Å². The third-order valence-corrected chi connectivity index (χ3v) is 3.98. The van der Waals surface area contributed by atoms with Gasteiger partial charge in [-0.05, 0) is 45.7 Å². The highest BCUT2D eigenvalue weighted by molar-refractivity contribution is 5.67. The van der Waals surface area contributed by atoms with Gasteiger partial charge in [0, 0.05) is 43.1 Å². The first-order valence-electron chi connectivity index (χ1n) is 8.46. The Labute approximate surface area is 139 Å². The van der Waals surface area contributed by atoms with Gasteiger partial charge in [-0.3, -0.25) is 4.98 Å². The van der Waals surface area contributed by atoms with Crippen molar-refractivity contribution in [3.8, 4) is 0 Å². The van der Waals surface area contributed by atoms with E-state index in [1.54, 1.807) is 0 Å². The number of hydrogen-bond acceptors (Lipinski definition) is 4. The molecule has 1 aliphatic rings. The smallest absolute Gasteiger partial charge is 0.407 e. The molecule has 0 spiro atoms. The van der Waals surface area contributed by atoms with Gasteiger partial charge in [-0.1, -0.05) is 13.3 Å². The molecule has 2 heterocycles. The minimum Gasteiger partial charge on any atom is -0.444 e. The number of nitrogens with zero attached hydrogens (tertiary/aromatic N) is 2. The maximum absolute atomic E-state index is 11.7. The van der Waals surface area contributed by atoms with Crippen molar-refractivity contribution in [3.63, 3.8) is 0 Å². The largest absolute Gasteiger partial charge is 0.444 e. The molecule has 0 aliphatic carbocycles. The average molecular weight is 319 g/mol. The molecule has 1 aliphatic heterocycles. The van der Waals surface area contributed by atoms with Crippen LogP contribution >= 0.6 is 0 Å². The van der Waals surface area contributed by atoms with Crippen LogP contribution in [0.15, 0.2) is 12.3 Å². The Hall–Kier alpha value is -1.78. The van der Waals surface area contributed by atoms with Crippen molar-refractivity contribution in [1.82, 2.24) is 10.3 Å². The zero-order valence-corrected chi connectivity index (χ0v) is 15.0. The molecular formula is C18H29N3O2. The number of amides is 1. The van der Waals surface area contributed by atoms with Crippen molar-refractivity contribution in [2.45, 2.75) is 53.1 Å². The summed E-state index contributed by atoms with van der Waals surface area (Å²) in [5.41, 5.74) is 3.33. The minimum absolute atomic E-state index is 0.331. The van der Waals surface area contributed by atoms with Gasteiger partial charge < -0.3 is 15.0 Å². The number of anilines is 1. The number of alkyl carbamates (subject to hydrolysis) is 1. The van der Waals surface area contributed by atoms with Crippen LogP contribution in [0.2, 0.25) is 0 Å². The maximum Gasteiger partial charge on any atom is 0.407 e.